The summed E-state index contributed by atoms with van der Waals surface area (Å²) in [6.45, 7) is 3.50. The Bertz CT molecular complexity index is 633. The number of nitrogens with zero attached hydrogens (tertiary/aromatic N) is 1. The first-order valence-corrected chi connectivity index (χ1v) is 7.07. The molecule has 20 heavy (non-hydrogen) atoms. The summed E-state index contributed by atoms with van der Waals surface area (Å²) < 4.78 is 18.0. The van der Waals surface area contributed by atoms with E-state index in [1.165, 1.54) is 23.9 Å². The number of amides is 1. The Balaban J connectivity index is 1.98. The molecule has 106 valence electrons. The largest absolute Gasteiger partial charge is 0.338 e. The van der Waals surface area contributed by atoms with Gasteiger partial charge in [-0.15, -0.1) is 11.8 Å². The first-order valence-electron chi connectivity index (χ1n) is 5.81. The van der Waals surface area contributed by atoms with E-state index in [4.69, 9.17) is 16.1 Å². The summed E-state index contributed by atoms with van der Waals surface area (Å²) in [4.78, 5) is 12.7. The van der Waals surface area contributed by atoms with Crippen LogP contribution in [0.3, 0.4) is 0 Å². The lowest BCUT2D eigenvalue weighted by molar-refractivity contribution is -0.115. The number of carbonyl (C=O) groups is 1. The number of anilines is 1. The van der Waals surface area contributed by atoms with E-state index >= 15 is 0 Å². The Hall–Kier alpha value is -1.53. The standard InChI is InChI=1S/C13H12ClFN2O2S/c1-7-5-12(19-17-7)16-13(18)8(2)20-9-3-4-11(15)10(14)6-9/h3-6,8H,1-2H3,(H,16,18). The third-order valence-corrected chi connectivity index (χ3v) is 3.83. The van der Waals surface area contributed by atoms with E-state index in [1.807, 2.05) is 0 Å². The molecular weight excluding hydrogens is 303 g/mol. The molecule has 0 fully saturated rings. The minimum absolute atomic E-state index is 0.0356. The van der Waals surface area contributed by atoms with Crippen LogP contribution in [0.5, 0.6) is 0 Å². The number of thioether (sulfide) groups is 1. The van der Waals surface area contributed by atoms with Crippen LogP contribution in [-0.4, -0.2) is 16.3 Å². The molecule has 1 aromatic carbocycles. The van der Waals surface area contributed by atoms with E-state index in [9.17, 15) is 9.18 Å². The number of aryl methyl sites for hydroxylation is 1. The molecule has 1 atom stereocenters. The molecule has 0 aliphatic rings. The molecule has 1 aromatic heterocycles. The van der Waals surface area contributed by atoms with E-state index in [2.05, 4.69) is 10.5 Å². The van der Waals surface area contributed by atoms with Crippen molar-refractivity contribution in [2.24, 2.45) is 0 Å². The van der Waals surface area contributed by atoms with Crippen molar-refractivity contribution in [3.05, 3.63) is 40.8 Å². The Morgan fingerprint density at radius 1 is 1.50 bits per heavy atom. The molecule has 0 bridgehead atoms. The van der Waals surface area contributed by atoms with E-state index in [0.29, 0.717) is 16.5 Å². The zero-order valence-corrected chi connectivity index (χ0v) is 12.4. The van der Waals surface area contributed by atoms with Crippen LogP contribution in [0.4, 0.5) is 10.3 Å². The highest BCUT2D eigenvalue weighted by Gasteiger charge is 2.16. The third kappa shape index (κ3) is 3.74. The van der Waals surface area contributed by atoms with Crippen molar-refractivity contribution in [2.75, 3.05) is 5.32 Å². The third-order valence-electron chi connectivity index (χ3n) is 2.45. The number of hydrogen-bond donors (Lipinski definition) is 1. The molecule has 1 N–H and O–H groups in total. The molecule has 0 radical (unpaired) electrons. The first-order chi connectivity index (χ1) is 9.45. The highest BCUT2D eigenvalue weighted by molar-refractivity contribution is 8.00. The van der Waals surface area contributed by atoms with E-state index < -0.39 is 5.82 Å². The van der Waals surface area contributed by atoms with Crippen LogP contribution in [-0.2, 0) is 4.79 Å². The van der Waals surface area contributed by atoms with Gasteiger partial charge in [0, 0.05) is 11.0 Å². The van der Waals surface area contributed by atoms with E-state index in [-0.39, 0.29) is 16.2 Å². The molecule has 0 aliphatic heterocycles. The number of aromatic nitrogens is 1. The van der Waals surface area contributed by atoms with E-state index in [1.54, 1.807) is 26.0 Å². The summed E-state index contributed by atoms with van der Waals surface area (Å²) in [6.07, 6.45) is 0. The molecule has 0 aliphatic carbocycles. The lowest BCUT2D eigenvalue weighted by atomic mass is 10.3. The van der Waals surface area contributed by atoms with Gasteiger partial charge in [-0.3, -0.25) is 10.1 Å². The lowest BCUT2D eigenvalue weighted by Gasteiger charge is -2.10. The SMILES string of the molecule is Cc1cc(NC(=O)C(C)Sc2ccc(F)c(Cl)c2)on1. The second-order valence-corrected chi connectivity index (χ2v) is 5.98. The van der Waals surface area contributed by atoms with Crippen LogP contribution in [0.15, 0.2) is 33.7 Å². The van der Waals surface area contributed by atoms with E-state index in [0.717, 1.165) is 0 Å². The predicted molar refractivity (Wildman–Crippen MR) is 76.6 cm³/mol. The molecule has 7 heteroatoms. The first kappa shape index (κ1) is 14.9. The average Bonchev–Trinajstić information content (AvgIpc) is 2.79. The van der Waals surface area contributed by atoms with Gasteiger partial charge in [0.05, 0.1) is 16.0 Å². The van der Waals surface area contributed by atoms with Gasteiger partial charge in [-0.25, -0.2) is 4.39 Å². The van der Waals surface area contributed by atoms with Gasteiger partial charge in [0.15, 0.2) is 0 Å². The van der Waals surface area contributed by atoms with Gasteiger partial charge in [-0.1, -0.05) is 16.8 Å². The molecule has 4 nitrogen and oxygen atoms in total. The number of hydrogen-bond acceptors (Lipinski definition) is 4. The number of carbonyl (C=O) groups excluding carboxylic acids is 1. The van der Waals surface area contributed by atoms with Crippen LogP contribution < -0.4 is 5.32 Å². The number of halogens is 2. The zero-order chi connectivity index (χ0) is 14.7. The Kier molecular flexibility index (Phi) is 4.67. The summed E-state index contributed by atoms with van der Waals surface area (Å²) in [6, 6.07) is 5.97. The minimum atomic E-state index is -0.481. The molecule has 1 amide bonds. The minimum Gasteiger partial charge on any atom is -0.338 e. The number of benzene rings is 1. The van der Waals surface area contributed by atoms with Gasteiger partial charge < -0.3 is 4.52 Å². The van der Waals surface area contributed by atoms with Crippen LogP contribution in [0.2, 0.25) is 5.02 Å². The highest BCUT2D eigenvalue weighted by atomic mass is 35.5. The number of rotatable bonds is 4. The maximum Gasteiger partial charge on any atom is 0.239 e. The summed E-state index contributed by atoms with van der Waals surface area (Å²) in [5.41, 5.74) is 0.686. The van der Waals surface area contributed by atoms with Crippen molar-refractivity contribution in [2.45, 2.75) is 24.0 Å². The second kappa shape index (κ2) is 6.28. The maximum atomic E-state index is 13.0. The predicted octanol–water partition coefficient (Wildman–Crippen LogP) is 3.89. The van der Waals surface area contributed by atoms with Crippen molar-refractivity contribution in [3.63, 3.8) is 0 Å². The van der Waals surface area contributed by atoms with Gasteiger partial charge in [-0.05, 0) is 32.0 Å². The van der Waals surface area contributed by atoms with Crippen molar-refractivity contribution in [1.29, 1.82) is 0 Å². The van der Waals surface area contributed by atoms with Crippen LogP contribution in [0.25, 0.3) is 0 Å². The molecule has 2 rings (SSSR count). The maximum absolute atomic E-state index is 13.0. The monoisotopic (exact) mass is 314 g/mol. The van der Waals surface area contributed by atoms with Crippen LogP contribution in [0, 0.1) is 12.7 Å². The van der Waals surface area contributed by atoms with Crippen molar-refractivity contribution in [1.82, 2.24) is 5.16 Å². The fraction of sp³-hybridized carbons (Fsp3) is 0.231. The molecule has 1 heterocycles. The van der Waals surface area contributed by atoms with Crippen LogP contribution >= 0.6 is 23.4 Å². The fourth-order valence-electron chi connectivity index (χ4n) is 1.45. The summed E-state index contributed by atoms with van der Waals surface area (Å²) in [5.74, 6) is -0.408. The topological polar surface area (TPSA) is 55.1 Å². The van der Waals surface area contributed by atoms with Crippen LogP contribution in [0.1, 0.15) is 12.6 Å². The second-order valence-electron chi connectivity index (χ2n) is 4.16. The van der Waals surface area contributed by atoms with Crippen molar-refractivity contribution >= 4 is 35.2 Å². The summed E-state index contributed by atoms with van der Waals surface area (Å²) in [7, 11) is 0. The van der Waals surface area contributed by atoms with Gasteiger partial charge in [-0.2, -0.15) is 0 Å². The number of nitrogens with one attached hydrogen (secondary N) is 1. The van der Waals surface area contributed by atoms with Gasteiger partial charge in [0.25, 0.3) is 0 Å². The van der Waals surface area contributed by atoms with Gasteiger partial charge >= 0.3 is 0 Å². The normalized spacial score (nSPS) is 12.2. The average molecular weight is 315 g/mol. The smallest absolute Gasteiger partial charge is 0.239 e. The molecule has 0 spiro atoms. The molecule has 1 unspecified atom stereocenters. The van der Waals surface area contributed by atoms with Crippen molar-refractivity contribution < 1.29 is 13.7 Å². The molecular formula is C13H12ClFN2O2S. The fourth-order valence-corrected chi connectivity index (χ4v) is 2.61. The van der Waals surface area contributed by atoms with Gasteiger partial charge in [0.2, 0.25) is 11.8 Å². The zero-order valence-electron chi connectivity index (χ0n) is 10.8. The quantitative estimate of drug-likeness (QED) is 0.870. The summed E-state index contributed by atoms with van der Waals surface area (Å²) >= 11 is 6.97. The Morgan fingerprint density at radius 3 is 2.85 bits per heavy atom. The summed E-state index contributed by atoms with van der Waals surface area (Å²) in [5, 5.41) is 5.94. The lowest BCUT2D eigenvalue weighted by Crippen LogP contribution is -2.22. The molecule has 0 saturated carbocycles. The molecule has 2 aromatic rings. The highest BCUT2D eigenvalue weighted by Crippen LogP contribution is 2.28. The Morgan fingerprint density at radius 2 is 2.25 bits per heavy atom. The Labute approximate surface area is 124 Å². The molecule has 0 saturated heterocycles. The van der Waals surface area contributed by atoms with Gasteiger partial charge in [0.1, 0.15) is 5.82 Å². The van der Waals surface area contributed by atoms with Crippen molar-refractivity contribution in [3.8, 4) is 0 Å².